The summed E-state index contributed by atoms with van der Waals surface area (Å²) in [5.74, 6) is 0. The van der Waals surface area contributed by atoms with Gasteiger partial charge in [0.1, 0.15) is 6.54 Å². The molecule has 7 heavy (non-hydrogen) atoms. The predicted octanol–water partition coefficient (Wildman–Crippen LogP) is -1.97. The summed E-state index contributed by atoms with van der Waals surface area (Å²) in [7, 11) is 0. The SMILES string of the molecule is C1=NCC[NH2+]1.[Na].[OH-]. The van der Waals surface area contributed by atoms with Gasteiger partial charge in [-0.25, -0.2) is 4.99 Å². The van der Waals surface area contributed by atoms with E-state index in [0.29, 0.717) is 0 Å². The summed E-state index contributed by atoms with van der Waals surface area (Å²) in [4.78, 5) is 3.90. The smallest absolute Gasteiger partial charge is 0.182 e. The minimum Gasteiger partial charge on any atom is -0.870 e. The third-order valence-electron chi connectivity index (χ3n) is 0.636. The summed E-state index contributed by atoms with van der Waals surface area (Å²) in [5, 5.41) is 2.07. The molecular formula is C3H8N2NaO. The van der Waals surface area contributed by atoms with E-state index in [1.807, 2.05) is 6.34 Å². The van der Waals surface area contributed by atoms with Crippen LogP contribution in [0.5, 0.6) is 0 Å². The van der Waals surface area contributed by atoms with Gasteiger partial charge in [-0.15, -0.1) is 0 Å². The fourth-order valence-corrected chi connectivity index (χ4v) is 0.373. The maximum Gasteiger partial charge on any atom is 0.182 e. The van der Waals surface area contributed by atoms with Crippen molar-refractivity contribution in [3.05, 3.63) is 0 Å². The Balaban J connectivity index is 0. The molecule has 0 aromatic carbocycles. The van der Waals surface area contributed by atoms with Crippen LogP contribution in [0.15, 0.2) is 4.99 Å². The number of nitrogens with two attached hydrogens (primary N) is 1. The maximum absolute atomic E-state index is 3.90. The summed E-state index contributed by atoms with van der Waals surface area (Å²) in [6.45, 7) is 2.17. The Bertz CT molecular complexity index is 50.9. The molecule has 0 saturated heterocycles. The standard InChI is InChI=1S/C3H6N2.Na.H2O/c1-2-5-3-4-1;;/h3H,1-2H2,(H,4,5);;1H2. The molecule has 1 rings (SSSR count). The van der Waals surface area contributed by atoms with Crippen molar-refractivity contribution in [2.24, 2.45) is 4.99 Å². The van der Waals surface area contributed by atoms with E-state index in [1.165, 1.54) is 0 Å². The molecule has 1 radical (unpaired) electrons. The number of nitrogens with zero attached hydrogens (tertiary/aromatic N) is 1. The summed E-state index contributed by atoms with van der Waals surface area (Å²) in [6.07, 6.45) is 1.86. The van der Waals surface area contributed by atoms with E-state index in [4.69, 9.17) is 0 Å². The van der Waals surface area contributed by atoms with Crippen molar-refractivity contribution >= 4 is 35.9 Å². The monoisotopic (exact) mass is 111 g/mol. The molecule has 0 spiro atoms. The van der Waals surface area contributed by atoms with Gasteiger partial charge in [0.25, 0.3) is 0 Å². The molecule has 0 amide bonds. The van der Waals surface area contributed by atoms with Gasteiger partial charge in [0, 0.05) is 29.6 Å². The first kappa shape index (κ1) is 10.5. The molecule has 37 valence electrons. The third-order valence-corrected chi connectivity index (χ3v) is 0.636. The molecule has 1 aliphatic rings. The molecule has 0 bridgehead atoms. The van der Waals surface area contributed by atoms with Crippen molar-refractivity contribution in [2.45, 2.75) is 0 Å². The normalized spacial score (nSPS) is 14.9. The number of hydrogen-bond acceptors (Lipinski definition) is 2. The van der Waals surface area contributed by atoms with Crippen LogP contribution < -0.4 is 5.32 Å². The molecule has 3 N–H and O–H groups in total. The Hall–Kier alpha value is 0.590. The number of aliphatic imine (C=N–C) groups is 1. The molecule has 3 nitrogen and oxygen atoms in total. The van der Waals surface area contributed by atoms with Crippen molar-refractivity contribution < 1.29 is 10.8 Å². The Morgan fingerprint density at radius 1 is 1.57 bits per heavy atom. The Morgan fingerprint density at radius 3 is 2.43 bits per heavy atom. The topological polar surface area (TPSA) is 59.0 Å². The van der Waals surface area contributed by atoms with Crippen molar-refractivity contribution in [3.63, 3.8) is 0 Å². The van der Waals surface area contributed by atoms with Crippen LogP contribution in [0.3, 0.4) is 0 Å². The molecule has 0 fully saturated rings. The number of rotatable bonds is 0. The van der Waals surface area contributed by atoms with E-state index in [9.17, 15) is 0 Å². The van der Waals surface area contributed by atoms with E-state index in [-0.39, 0.29) is 35.0 Å². The van der Waals surface area contributed by atoms with Gasteiger partial charge < -0.3 is 10.8 Å². The predicted molar refractivity (Wildman–Crippen MR) is 27.8 cm³/mol. The minimum atomic E-state index is 0. The van der Waals surface area contributed by atoms with Crippen molar-refractivity contribution in [2.75, 3.05) is 13.1 Å². The van der Waals surface area contributed by atoms with Crippen molar-refractivity contribution in [1.29, 1.82) is 0 Å². The van der Waals surface area contributed by atoms with Crippen LogP contribution in [0.4, 0.5) is 0 Å². The van der Waals surface area contributed by atoms with Crippen LogP contribution >= 0.6 is 0 Å². The molecule has 4 heteroatoms. The van der Waals surface area contributed by atoms with Crippen LogP contribution in [0.1, 0.15) is 0 Å². The van der Waals surface area contributed by atoms with E-state index in [1.54, 1.807) is 0 Å². The molecule has 0 aromatic rings. The Morgan fingerprint density at radius 2 is 2.29 bits per heavy atom. The Kier molecular flexibility index (Phi) is 9.93. The molecule has 1 heterocycles. The molecule has 0 saturated carbocycles. The zero-order valence-electron chi connectivity index (χ0n) is 4.46. The van der Waals surface area contributed by atoms with Crippen LogP contribution in [0.25, 0.3) is 0 Å². The average Bonchev–Trinajstić information content (AvgIpc) is 1.76. The first-order valence-corrected chi connectivity index (χ1v) is 1.82. The number of hydrogen-bond donors (Lipinski definition) is 1. The largest absolute Gasteiger partial charge is 0.870 e. The second-order valence-electron chi connectivity index (χ2n) is 1.08. The summed E-state index contributed by atoms with van der Waals surface area (Å²) in [6, 6.07) is 0. The second-order valence-corrected chi connectivity index (χ2v) is 1.08. The average molecular weight is 111 g/mol. The maximum atomic E-state index is 3.90. The first-order chi connectivity index (χ1) is 2.50. The zero-order chi connectivity index (χ0) is 3.54. The van der Waals surface area contributed by atoms with Crippen LogP contribution in [-0.2, 0) is 0 Å². The van der Waals surface area contributed by atoms with Crippen LogP contribution in [0.2, 0.25) is 0 Å². The van der Waals surface area contributed by atoms with Gasteiger partial charge in [-0.3, -0.25) is 0 Å². The van der Waals surface area contributed by atoms with Gasteiger partial charge in [-0.2, -0.15) is 0 Å². The van der Waals surface area contributed by atoms with E-state index < -0.39 is 0 Å². The summed E-state index contributed by atoms with van der Waals surface area (Å²) < 4.78 is 0. The Labute approximate surface area is 64.8 Å². The van der Waals surface area contributed by atoms with E-state index in [0.717, 1.165) is 13.1 Å². The van der Waals surface area contributed by atoms with Gasteiger partial charge in [0.2, 0.25) is 0 Å². The van der Waals surface area contributed by atoms with Gasteiger partial charge >= 0.3 is 0 Å². The molecule has 0 atom stereocenters. The zero-order valence-corrected chi connectivity index (χ0v) is 6.46. The molecular weight excluding hydrogens is 103 g/mol. The summed E-state index contributed by atoms with van der Waals surface area (Å²) in [5.41, 5.74) is 0. The van der Waals surface area contributed by atoms with Gasteiger partial charge in [0.05, 0.1) is 6.54 Å². The quantitative estimate of drug-likeness (QED) is 0.362. The van der Waals surface area contributed by atoms with E-state index >= 15 is 0 Å². The fraction of sp³-hybridized carbons (Fsp3) is 0.667. The first-order valence-electron chi connectivity index (χ1n) is 1.82. The van der Waals surface area contributed by atoms with E-state index in [2.05, 4.69) is 10.3 Å². The van der Waals surface area contributed by atoms with Gasteiger partial charge in [-0.1, -0.05) is 0 Å². The van der Waals surface area contributed by atoms with Crippen LogP contribution in [0, 0.1) is 0 Å². The third kappa shape index (κ3) is 4.44. The molecule has 0 aliphatic carbocycles. The molecule has 0 aromatic heterocycles. The fourth-order valence-electron chi connectivity index (χ4n) is 0.373. The van der Waals surface area contributed by atoms with Crippen LogP contribution in [-0.4, -0.2) is 54.5 Å². The van der Waals surface area contributed by atoms with Crippen molar-refractivity contribution in [1.82, 2.24) is 0 Å². The minimum absolute atomic E-state index is 0. The number of quaternary nitrogens is 1. The van der Waals surface area contributed by atoms with Gasteiger partial charge in [0.15, 0.2) is 6.34 Å². The molecule has 0 unspecified atom stereocenters. The van der Waals surface area contributed by atoms with Crippen molar-refractivity contribution in [3.8, 4) is 0 Å². The molecule has 1 aliphatic heterocycles. The van der Waals surface area contributed by atoms with Gasteiger partial charge in [-0.05, 0) is 0 Å². The second kappa shape index (κ2) is 6.59. The summed E-state index contributed by atoms with van der Waals surface area (Å²) >= 11 is 0.